The molecule has 16 heavy (non-hydrogen) atoms. The van der Waals surface area contributed by atoms with Crippen LogP contribution in [0.5, 0.6) is 0 Å². The van der Waals surface area contributed by atoms with E-state index in [1.54, 1.807) is 22.7 Å². The van der Waals surface area contributed by atoms with Gasteiger partial charge in [-0.3, -0.25) is 0 Å². The minimum Gasteiger partial charge on any atom is -0.300 e. The summed E-state index contributed by atoms with van der Waals surface area (Å²) in [6.07, 6.45) is 1.84. The van der Waals surface area contributed by atoms with Crippen LogP contribution in [0, 0.1) is 6.92 Å². The average Bonchev–Trinajstić information content (AvgIpc) is 2.84. The summed E-state index contributed by atoms with van der Waals surface area (Å²) < 4.78 is 0. The number of aryl methyl sites for hydroxylation is 1. The van der Waals surface area contributed by atoms with Crippen LogP contribution in [0.3, 0.4) is 0 Å². The zero-order valence-corrected chi connectivity index (χ0v) is 11.2. The monoisotopic (exact) mass is 253 g/mol. The highest BCUT2D eigenvalue weighted by Crippen LogP contribution is 2.26. The Labute approximate surface area is 104 Å². The number of rotatable bonds is 4. The first kappa shape index (κ1) is 11.7. The molecule has 5 heteroatoms. The highest BCUT2D eigenvalue weighted by atomic mass is 32.1. The van der Waals surface area contributed by atoms with Crippen molar-refractivity contribution in [2.75, 3.05) is 0 Å². The lowest BCUT2D eigenvalue weighted by atomic mass is 10.2. The fourth-order valence-corrected chi connectivity index (χ4v) is 3.09. The fourth-order valence-electron chi connectivity index (χ4n) is 1.46. The van der Waals surface area contributed by atoms with E-state index in [1.807, 2.05) is 18.5 Å². The van der Waals surface area contributed by atoms with Gasteiger partial charge in [0.1, 0.15) is 16.1 Å². The van der Waals surface area contributed by atoms with Gasteiger partial charge in [-0.25, -0.2) is 9.97 Å². The third kappa shape index (κ3) is 2.66. The van der Waals surface area contributed by atoms with Gasteiger partial charge in [0.05, 0.1) is 0 Å². The van der Waals surface area contributed by atoms with Crippen LogP contribution in [-0.2, 0) is 0 Å². The van der Waals surface area contributed by atoms with Crippen molar-refractivity contribution in [1.29, 1.82) is 0 Å². The maximum atomic E-state index is 4.54. The minimum absolute atomic E-state index is 0.138. The summed E-state index contributed by atoms with van der Waals surface area (Å²) in [7, 11) is 0. The Hall–Kier alpha value is -0.780. The maximum absolute atomic E-state index is 4.54. The van der Waals surface area contributed by atoms with Crippen molar-refractivity contribution in [1.82, 2.24) is 15.3 Å². The third-order valence-corrected chi connectivity index (χ3v) is 3.95. The van der Waals surface area contributed by atoms with E-state index >= 15 is 0 Å². The van der Waals surface area contributed by atoms with Crippen molar-refractivity contribution < 1.29 is 0 Å². The summed E-state index contributed by atoms with van der Waals surface area (Å²) in [5.41, 5.74) is 1.08. The summed E-state index contributed by atoms with van der Waals surface area (Å²) in [5.74, 6) is 0. The molecule has 0 bridgehead atoms. The van der Waals surface area contributed by atoms with E-state index in [0.29, 0.717) is 6.04 Å². The minimum atomic E-state index is 0.138. The molecule has 0 saturated heterocycles. The number of hydrogen-bond donors (Lipinski definition) is 1. The standard InChI is InChI=1S/C11H15N3S2/c1-7(2)13-9(10-12-4-5-15-10)11-14-8(3)6-16-11/h4-7,9,13H,1-3H3. The fraction of sp³-hybridized carbons (Fsp3) is 0.455. The Morgan fingerprint density at radius 2 is 2.06 bits per heavy atom. The third-order valence-electron chi connectivity index (χ3n) is 2.08. The van der Waals surface area contributed by atoms with Crippen molar-refractivity contribution in [3.63, 3.8) is 0 Å². The Morgan fingerprint density at radius 3 is 2.56 bits per heavy atom. The molecule has 2 aromatic heterocycles. The summed E-state index contributed by atoms with van der Waals surface area (Å²) in [5, 5.41) is 9.78. The molecule has 2 rings (SSSR count). The van der Waals surface area contributed by atoms with E-state index < -0.39 is 0 Å². The van der Waals surface area contributed by atoms with Gasteiger partial charge in [-0.15, -0.1) is 22.7 Å². The van der Waals surface area contributed by atoms with Gasteiger partial charge in [0.15, 0.2) is 0 Å². The van der Waals surface area contributed by atoms with Gasteiger partial charge in [0, 0.05) is 28.7 Å². The second kappa shape index (κ2) is 5.03. The summed E-state index contributed by atoms with van der Waals surface area (Å²) in [4.78, 5) is 8.92. The van der Waals surface area contributed by atoms with Crippen molar-refractivity contribution in [2.24, 2.45) is 0 Å². The molecule has 0 fully saturated rings. The molecule has 86 valence electrons. The van der Waals surface area contributed by atoms with E-state index in [0.717, 1.165) is 15.7 Å². The molecule has 0 aliphatic heterocycles. The van der Waals surface area contributed by atoms with Gasteiger partial charge in [-0.1, -0.05) is 0 Å². The van der Waals surface area contributed by atoms with Crippen molar-refractivity contribution in [2.45, 2.75) is 32.9 Å². The predicted molar refractivity (Wildman–Crippen MR) is 69.1 cm³/mol. The lowest BCUT2D eigenvalue weighted by Gasteiger charge is -2.16. The zero-order chi connectivity index (χ0) is 11.5. The van der Waals surface area contributed by atoms with Crippen LogP contribution in [-0.4, -0.2) is 16.0 Å². The Balaban J connectivity index is 2.28. The van der Waals surface area contributed by atoms with Gasteiger partial charge >= 0.3 is 0 Å². The molecular weight excluding hydrogens is 238 g/mol. The number of thiazole rings is 2. The van der Waals surface area contributed by atoms with E-state index in [2.05, 4.69) is 34.5 Å². The largest absolute Gasteiger partial charge is 0.300 e. The lowest BCUT2D eigenvalue weighted by Crippen LogP contribution is -2.28. The van der Waals surface area contributed by atoms with Gasteiger partial charge in [0.2, 0.25) is 0 Å². The molecule has 3 nitrogen and oxygen atoms in total. The van der Waals surface area contributed by atoms with E-state index in [9.17, 15) is 0 Å². The molecule has 0 radical (unpaired) electrons. The van der Waals surface area contributed by atoms with E-state index in [1.165, 1.54) is 0 Å². The van der Waals surface area contributed by atoms with Crippen LogP contribution in [0.25, 0.3) is 0 Å². The molecule has 0 saturated carbocycles. The number of hydrogen-bond acceptors (Lipinski definition) is 5. The molecular formula is C11H15N3S2. The number of nitrogens with zero attached hydrogens (tertiary/aromatic N) is 2. The average molecular weight is 253 g/mol. The molecule has 0 aliphatic rings. The van der Waals surface area contributed by atoms with Gasteiger partial charge in [-0.05, 0) is 20.8 Å². The molecule has 1 unspecified atom stereocenters. The van der Waals surface area contributed by atoms with Crippen LogP contribution in [0.15, 0.2) is 17.0 Å². The number of aromatic nitrogens is 2. The van der Waals surface area contributed by atoms with Crippen molar-refractivity contribution >= 4 is 22.7 Å². The number of nitrogens with one attached hydrogen (secondary N) is 1. The van der Waals surface area contributed by atoms with Crippen LogP contribution in [0.2, 0.25) is 0 Å². The van der Waals surface area contributed by atoms with Crippen LogP contribution in [0.1, 0.15) is 35.6 Å². The predicted octanol–water partition coefficient (Wildman–Crippen LogP) is 3.00. The van der Waals surface area contributed by atoms with Crippen molar-refractivity contribution in [3.8, 4) is 0 Å². The second-order valence-corrected chi connectivity index (χ2v) is 5.77. The molecule has 1 N–H and O–H groups in total. The topological polar surface area (TPSA) is 37.8 Å². The zero-order valence-electron chi connectivity index (χ0n) is 9.60. The molecule has 0 aliphatic carbocycles. The summed E-state index contributed by atoms with van der Waals surface area (Å²) in [6, 6.07) is 0.553. The summed E-state index contributed by atoms with van der Waals surface area (Å²) >= 11 is 3.36. The van der Waals surface area contributed by atoms with E-state index in [4.69, 9.17) is 0 Å². The molecule has 2 aromatic rings. The van der Waals surface area contributed by atoms with Gasteiger partial charge in [0.25, 0.3) is 0 Å². The smallest absolute Gasteiger partial charge is 0.117 e. The van der Waals surface area contributed by atoms with Crippen LogP contribution >= 0.6 is 22.7 Å². The summed E-state index contributed by atoms with van der Waals surface area (Å²) in [6.45, 7) is 6.30. The highest BCUT2D eigenvalue weighted by Gasteiger charge is 2.20. The normalized spacial score (nSPS) is 13.2. The van der Waals surface area contributed by atoms with Crippen molar-refractivity contribution in [3.05, 3.63) is 32.7 Å². The van der Waals surface area contributed by atoms with Gasteiger partial charge < -0.3 is 5.32 Å². The first-order chi connectivity index (χ1) is 7.66. The lowest BCUT2D eigenvalue weighted by molar-refractivity contribution is 0.525. The quantitative estimate of drug-likeness (QED) is 0.910. The SMILES string of the molecule is Cc1csc(C(NC(C)C)c2nccs2)n1. The van der Waals surface area contributed by atoms with E-state index in [-0.39, 0.29) is 6.04 Å². The first-order valence-electron chi connectivity index (χ1n) is 5.24. The first-order valence-corrected chi connectivity index (χ1v) is 7.00. The van der Waals surface area contributed by atoms with Crippen LogP contribution in [0.4, 0.5) is 0 Å². The Morgan fingerprint density at radius 1 is 1.25 bits per heavy atom. The molecule has 0 amide bonds. The Kier molecular flexibility index (Phi) is 3.68. The maximum Gasteiger partial charge on any atom is 0.117 e. The molecule has 1 atom stereocenters. The second-order valence-electron chi connectivity index (χ2n) is 3.95. The molecule has 0 aromatic carbocycles. The Bertz CT molecular complexity index is 434. The molecule has 2 heterocycles. The van der Waals surface area contributed by atoms with Crippen LogP contribution < -0.4 is 5.32 Å². The highest BCUT2D eigenvalue weighted by molar-refractivity contribution is 7.11. The van der Waals surface area contributed by atoms with Gasteiger partial charge in [-0.2, -0.15) is 0 Å². The molecule has 0 spiro atoms.